The van der Waals surface area contributed by atoms with E-state index in [1.165, 1.54) is 6.26 Å². The average Bonchev–Trinajstić information content (AvgIpc) is 2.64. The minimum atomic E-state index is -0.685. The number of rotatable bonds is 5. The van der Waals surface area contributed by atoms with Gasteiger partial charge in [0, 0.05) is 12.5 Å². The van der Waals surface area contributed by atoms with Crippen LogP contribution in [0.3, 0.4) is 0 Å². The van der Waals surface area contributed by atoms with Crippen molar-refractivity contribution in [2.24, 2.45) is 5.92 Å². The fourth-order valence-electron chi connectivity index (χ4n) is 3.19. The van der Waals surface area contributed by atoms with Crippen molar-refractivity contribution in [1.29, 1.82) is 0 Å². The molecular formula is C19H22O7. The van der Waals surface area contributed by atoms with E-state index in [0.717, 1.165) is 0 Å². The molecule has 0 aromatic heterocycles. The molecule has 7 heteroatoms. The van der Waals surface area contributed by atoms with Gasteiger partial charge in [0.25, 0.3) is 0 Å². The molecule has 3 rings (SSSR count). The lowest BCUT2D eigenvalue weighted by Crippen LogP contribution is -2.43. The van der Waals surface area contributed by atoms with Gasteiger partial charge in [0.2, 0.25) is 11.5 Å². The van der Waals surface area contributed by atoms with Crippen LogP contribution >= 0.6 is 0 Å². The van der Waals surface area contributed by atoms with Crippen molar-refractivity contribution in [2.45, 2.75) is 38.4 Å². The Morgan fingerprint density at radius 2 is 2.08 bits per heavy atom. The van der Waals surface area contributed by atoms with Crippen molar-refractivity contribution in [2.75, 3.05) is 13.7 Å². The first-order chi connectivity index (χ1) is 12.6. The van der Waals surface area contributed by atoms with Gasteiger partial charge >= 0.3 is 6.16 Å². The first-order valence-electron chi connectivity index (χ1n) is 8.66. The summed E-state index contributed by atoms with van der Waals surface area (Å²) < 4.78 is 26.6. The van der Waals surface area contributed by atoms with Crippen LogP contribution in [-0.2, 0) is 19.0 Å². The lowest BCUT2D eigenvalue weighted by molar-refractivity contribution is -0.132. The molecule has 0 saturated heterocycles. The highest BCUT2D eigenvalue weighted by atomic mass is 16.7. The van der Waals surface area contributed by atoms with E-state index < -0.39 is 6.16 Å². The maximum atomic E-state index is 12.7. The zero-order valence-electron chi connectivity index (χ0n) is 14.8. The summed E-state index contributed by atoms with van der Waals surface area (Å²) >= 11 is 0. The molecule has 1 aromatic rings. The highest BCUT2D eigenvalue weighted by molar-refractivity contribution is 5.96. The number of allylic oxidation sites excluding steroid dienone is 1. The maximum absolute atomic E-state index is 12.7. The van der Waals surface area contributed by atoms with Crippen LogP contribution in [0, 0.1) is 5.92 Å². The molecular weight excluding hydrogens is 340 g/mol. The van der Waals surface area contributed by atoms with E-state index in [4.69, 9.17) is 23.7 Å². The van der Waals surface area contributed by atoms with E-state index in [1.807, 2.05) is 0 Å². The number of Topliss-reactive ketones (excluding diaryl/α,β-unsaturated/α-hetero) is 1. The van der Waals surface area contributed by atoms with E-state index in [2.05, 4.69) is 0 Å². The number of fused-ring (bicyclic) bond motifs is 1. The van der Waals surface area contributed by atoms with Gasteiger partial charge < -0.3 is 23.7 Å². The van der Waals surface area contributed by atoms with Crippen molar-refractivity contribution >= 4 is 11.9 Å². The summed E-state index contributed by atoms with van der Waals surface area (Å²) in [4.78, 5) is 24.2. The number of hydrogen-bond acceptors (Lipinski definition) is 7. The molecule has 0 amide bonds. The van der Waals surface area contributed by atoms with Crippen LogP contribution in [0.25, 0.3) is 0 Å². The van der Waals surface area contributed by atoms with E-state index in [1.54, 1.807) is 38.3 Å². The Hall–Kier alpha value is -2.70. The smallest absolute Gasteiger partial charge is 0.497 e. The third kappa shape index (κ3) is 4.09. The van der Waals surface area contributed by atoms with Crippen LogP contribution in [0.4, 0.5) is 4.79 Å². The highest BCUT2D eigenvalue weighted by Gasteiger charge is 2.42. The Kier molecular flexibility index (Phi) is 5.65. The third-order valence-electron chi connectivity index (χ3n) is 4.47. The number of ether oxygens (including phenoxy) is 5. The molecule has 0 N–H and O–H groups in total. The van der Waals surface area contributed by atoms with E-state index in [0.29, 0.717) is 30.8 Å². The zero-order valence-corrected chi connectivity index (χ0v) is 14.8. The standard InChI is InChI=1S/C19H22O7/c1-3-23-19(21)26-14-7-8-15-16(10-14)24-11-17(18(15)20)25-13-6-4-5-12(9-13)22-2/h4-6,9,11,14-16H,3,7-8,10H2,1-2H3. The first kappa shape index (κ1) is 18.1. The van der Waals surface area contributed by atoms with Gasteiger partial charge in [-0.3, -0.25) is 4.79 Å². The number of carbonyl (C=O) groups excluding carboxylic acids is 2. The monoisotopic (exact) mass is 362 g/mol. The molecule has 3 unspecified atom stereocenters. The Morgan fingerprint density at radius 3 is 2.85 bits per heavy atom. The van der Waals surface area contributed by atoms with Crippen molar-refractivity contribution in [3.05, 3.63) is 36.3 Å². The third-order valence-corrected chi connectivity index (χ3v) is 4.47. The zero-order chi connectivity index (χ0) is 18.5. The van der Waals surface area contributed by atoms with Crippen molar-refractivity contribution < 1.29 is 33.3 Å². The van der Waals surface area contributed by atoms with Crippen LogP contribution < -0.4 is 9.47 Å². The van der Waals surface area contributed by atoms with Gasteiger partial charge in [0.1, 0.15) is 30.0 Å². The molecule has 26 heavy (non-hydrogen) atoms. The van der Waals surface area contributed by atoms with Crippen LogP contribution in [-0.4, -0.2) is 37.9 Å². The summed E-state index contributed by atoms with van der Waals surface area (Å²) in [6, 6.07) is 7.02. The van der Waals surface area contributed by atoms with Crippen LogP contribution in [0.15, 0.2) is 36.3 Å². The topological polar surface area (TPSA) is 80.3 Å². The van der Waals surface area contributed by atoms with Crippen molar-refractivity contribution in [1.82, 2.24) is 0 Å². The molecule has 1 saturated carbocycles. The molecule has 1 fully saturated rings. The number of carbonyl (C=O) groups is 2. The lowest BCUT2D eigenvalue weighted by atomic mass is 9.80. The Bertz CT molecular complexity index is 697. The quantitative estimate of drug-likeness (QED) is 0.744. The normalized spacial score (nSPS) is 24.6. The van der Waals surface area contributed by atoms with E-state index in [9.17, 15) is 9.59 Å². The summed E-state index contributed by atoms with van der Waals surface area (Å²) in [5, 5.41) is 0. The number of methoxy groups -OCH3 is 1. The highest BCUT2D eigenvalue weighted by Crippen LogP contribution is 2.35. The molecule has 140 valence electrons. The predicted octanol–water partition coefficient (Wildman–Crippen LogP) is 3.23. The molecule has 3 atom stereocenters. The number of hydrogen-bond donors (Lipinski definition) is 0. The molecule has 7 nitrogen and oxygen atoms in total. The summed E-state index contributed by atoms with van der Waals surface area (Å²) in [5.41, 5.74) is 0. The van der Waals surface area contributed by atoms with Crippen LogP contribution in [0.1, 0.15) is 26.2 Å². The second-order valence-corrected chi connectivity index (χ2v) is 6.14. The minimum Gasteiger partial charge on any atom is -0.497 e. The largest absolute Gasteiger partial charge is 0.508 e. The van der Waals surface area contributed by atoms with Gasteiger partial charge in [-0.2, -0.15) is 0 Å². The molecule has 0 radical (unpaired) electrons. The van der Waals surface area contributed by atoms with Gasteiger partial charge in [-0.1, -0.05) is 6.07 Å². The van der Waals surface area contributed by atoms with Crippen molar-refractivity contribution in [3.63, 3.8) is 0 Å². The fraction of sp³-hybridized carbons (Fsp3) is 0.474. The molecule has 0 bridgehead atoms. The van der Waals surface area contributed by atoms with Gasteiger partial charge in [0.15, 0.2) is 0 Å². The molecule has 1 aliphatic carbocycles. The molecule has 1 aliphatic heterocycles. The minimum absolute atomic E-state index is 0.0985. The van der Waals surface area contributed by atoms with Crippen LogP contribution in [0.5, 0.6) is 11.5 Å². The van der Waals surface area contributed by atoms with Crippen molar-refractivity contribution in [3.8, 4) is 11.5 Å². The molecule has 1 heterocycles. The number of benzene rings is 1. The van der Waals surface area contributed by atoms with E-state index >= 15 is 0 Å². The van der Waals surface area contributed by atoms with Crippen LogP contribution in [0.2, 0.25) is 0 Å². The summed E-state index contributed by atoms with van der Waals surface area (Å²) in [6.07, 6.45) is 1.63. The summed E-state index contributed by atoms with van der Waals surface area (Å²) in [7, 11) is 1.56. The van der Waals surface area contributed by atoms with Gasteiger partial charge in [-0.25, -0.2) is 4.79 Å². The molecule has 1 aromatic carbocycles. The first-order valence-corrected chi connectivity index (χ1v) is 8.66. The SMILES string of the molecule is CCOC(=O)OC1CCC2C(=O)C(Oc3cccc(OC)c3)=COC2C1. The lowest BCUT2D eigenvalue weighted by Gasteiger charge is -2.36. The predicted molar refractivity (Wildman–Crippen MR) is 90.8 cm³/mol. The van der Waals surface area contributed by atoms with E-state index in [-0.39, 0.29) is 36.3 Å². The average molecular weight is 362 g/mol. The summed E-state index contributed by atoms with van der Waals surface area (Å²) in [6.45, 7) is 1.98. The second kappa shape index (κ2) is 8.12. The molecule has 2 aliphatic rings. The second-order valence-electron chi connectivity index (χ2n) is 6.14. The Balaban J connectivity index is 1.62. The maximum Gasteiger partial charge on any atom is 0.508 e. The number of ketones is 1. The molecule has 0 spiro atoms. The Labute approximate surface area is 151 Å². The van der Waals surface area contributed by atoms with Gasteiger partial charge in [-0.05, 0) is 31.9 Å². The van der Waals surface area contributed by atoms with Gasteiger partial charge in [-0.15, -0.1) is 0 Å². The van der Waals surface area contributed by atoms with Gasteiger partial charge in [0.05, 0.1) is 19.6 Å². The fourth-order valence-corrected chi connectivity index (χ4v) is 3.19. The summed E-state index contributed by atoms with van der Waals surface area (Å²) in [5.74, 6) is 0.915. The Morgan fingerprint density at radius 1 is 1.27 bits per heavy atom.